The maximum absolute atomic E-state index is 12.0. The van der Waals surface area contributed by atoms with Gasteiger partial charge in [0.25, 0.3) is 0 Å². The number of hydrogen-bond donors (Lipinski definition) is 0. The SMILES string of the molecule is CCOC(=O)C(C)Oc1ccc(C(=O)OCc2ccccc2)cc1. The minimum Gasteiger partial charge on any atom is -0.479 e. The molecule has 0 aliphatic rings. The Hall–Kier alpha value is -2.82. The van der Waals surface area contributed by atoms with Crippen molar-refractivity contribution in [2.24, 2.45) is 0 Å². The van der Waals surface area contributed by atoms with Gasteiger partial charge in [-0.2, -0.15) is 0 Å². The van der Waals surface area contributed by atoms with Crippen molar-refractivity contribution in [2.75, 3.05) is 6.61 Å². The summed E-state index contributed by atoms with van der Waals surface area (Å²) in [4.78, 5) is 23.5. The van der Waals surface area contributed by atoms with Gasteiger partial charge in [-0.1, -0.05) is 30.3 Å². The van der Waals surface area contributed by atoms with Crippen LogP contribution in [0.2, 0.25) is 0 Å². The van der Waals surface area contributed by atoms with Gasteiger partial charge < -0.3 is 14.2 Å². The van der Waals surface area contributed by atoms with Crippen molar-refractivity contribution in [1.82, 2.24) is 0 Å². The molecule has 0 spiro atoms. The largest absolute Gasteiger partial charge is 0.479 e. The van der Waals surface area contributed by atoms with Crippen molar-refractivity contribution >= 4 is 11.9 Å². The summed E-state index contributed by atoms with van der Waals surface area (Å²) in [6.45, 7) is 3.87. The Balaban J connectivity index is 1.89. The van der Waals surface area contributed by atoms with E-state index in [0.717, 1.165) is 5.56 Å². The van der Waals surface area contributed by atoms with E-state index in [-0.39, 0.29) is 6.61 Å². The third-order valence-electron chi connectivity index (χ3n) is 3.23. The molecule has 0 heterocycles. The first-order chi connectivity index (χ1) is 11.6. The Bertz CT molecular complexity index is 664. The molecule has 1 unspecified atom stereocenters. The molecule has 0 aliphatic heterocycles. The van der Waals surface area contributed by atoms with E-state index in [0.29, 0.717) is 17.9 Å². The molecular weight excluding hydrogens is 308 g/mol. The molecule has 0 amide bonds. The fourth-order valence-corrected chi connectivity index (χ4v) is 1.99. The highest BCUT2D eigenvalue weighted by atomic mass is 16.6. The van der Waals surface area contributed by atoms with Gasteiger partial charge in [0.15, 0.2) is 6.10 Å². The van der Waals surface area contributed by atoms with Crippen LogP contribution >= 0.6 is 0 Å². The summed E-state index contributed by atoms with van der Waals surface area (Å²) in [5.41, 5.74) is 1.34. The Morgan fingerprint density at radius 2 is 1.62 bits per heavy atom. The number of benzene rings is 2. The second kappa shape index (κ2) is 8.72. The van der Waals surface area contributed by atoms with Crippen LogP contribution in [0.5, 0.6) is 5.75 Å². The van der Waals surface area contributed by atoms with E-state index in [1.165, 1.54) is 0 Å². The lowest BCUT2D eigenvalue weighted by Crippen LogP contribution is -2.26. The fraction of sp³-hybridized carbons (Fsp3) is 0.263. The summed E-state index contributed by atoms with van der Waals surface area (Å²) >= 11 is 0. The van der Waals surface area contributed by atoms with Crippen molar-refractivity contribution in [3.63, 3.8) is 0 Å². The summed E-state index contributed by atoms with van der Waals surface area (Å²) in [5.74, 6) is -0.358. The van der Waals surface area contributed by atoms with Crippen LogP contribution < -0.4 is 4.74 Å². The fourth-order valence-electron chi connectivity index (χ4n) is 1.99. The highest BCUT2D eigenvalue weighted by Gasteiger charge is 2.16. The second-order valence-corrected chi connectivity index (χ2v) is 5.10. The molecule has 1 atom stereocenters. The quantitative estimate of drug-likeness (QED) is 0.729. The molecule has 0 saturated heterocycles. The smallest absolute Gasteiger partial charge is 0.347 e. The van der Waals surface area contributed by atoms with Crippen LogP contribution in [-0.4, -0.2) is 24.6 Å². The van der Waals surface area contributed by atoms with Crippen LogP contribution in [0.1, 0.15) is 29.8 Å². The molecule has 0 aromatic heterocycles. The van der Waals surface area contributed by atoms with E-state index in [1.807, 2.05) is 30.3 Å². The van der Waals surface area contributed by atoms with Gasteiger partial charge in [0, 0.05) is 0 Å². The molecule has 0 fully saturated rings. The second-order valence-electron chi connectivity index (χ2n) is 5.10. The highest BCUT2D eigenvalue weighted by Crippen LogP contribution is 2.15. The van der Waals surface area contributed by atoms with Crippen LogP contribution in [0.25, 0.3) is 0 Å². The first kappa shape index (κ1) is 17.5. The molecule has 2 aromatic carbocycles. The summed E-state index contributed by atoms with van der Waals surface area (Å²) in [6.07, 6.45) is -0.708. The summed E-state index contributed by atoms with van der Waals surface area (Å²) in [7, 11) is 0. The van der Waals surface area contributed by atoms with E-state index >= 15 is 0 Å². The lowest BCUT2D eigenvalue weighted by molar-refractivity contribution is -0.150. The average molecular weight is 328 g/mol. The molecule has 0 radical (unpaired) electrons. The number of esters is 2. The van der Waals surface area contributed by atoms with Gasteiger partial charge in [-0.25, -0.2) is 9.59 Å². The molecule has 0 bridgehead atoms. The van der Waals surface area contributed by atoms with Gasteiger partial charge in [0.2, 0.25) is 0 Å². The van der Waals surface area contributed by atoms with Gasteiger partial charge in [-0.05, 0) is 43.7 Å². The lowest BCUT2D eigenvalue weighted by atomic mass is 10.2. The molecule has 0 aliphatic carbocycles. The van der Waals surface area contributed by atoms with Crippen LogP contribution in [0.3, 0.4) is 0 Å². The zero-order valence-corrected chi connectivity index (χ0v) is 13.7. The molecule has 5 nitrogen and oxygen atoms in total. The minimum absolute atomic E-state index is 0.220. The van der Waals surface area contributed by atoms with Crippen LogP contribution in [0.4, 0.5) is 0 Å². The van der Waals surface area contributed by atoms with E-state index in [2.05, 4.69) is 0 Å². The van der Waals surface area contributed by atoms with Crippen molar-refractivity contribution in [1.29, 1.82) is 0 Å². The van der Waals surface area contributed by atoms with Crippen molar-refractivity contribution in [3.8, 4) is 5.75 Å². The predicted octanol–water partition coefficient (Wildman–Crippen LogP) is 3.37. The van der Waals surface area contributed by atoms with Crippen molar-refractivity contribution in [2.45, 2.75) is 26.6 Å². The number of carbonyl (C=O) groups is 2. The van der Waals surface area contributed by atoms with E-state index in [4.69, 9.17) is 14.2 Å². The Morgan fingerprint density at radius 3 is 2.25 bits per heavy atom. The molecule has 5 heteroatoms. The zero-order valence-electron chi connectivity index (χ0n) is 13.7. The first-order valence-corrected chi connectivity index (χ1v) is 7.74. The molecule has 0 saturated carbocycles. The molecule has 126 valence electrons. The maximum atomic E-state index is 12.0. The number of hydrogen-bond acceptors (Lipinski definition) is 5. The Morgan fingerprint density at radius 1 is 0.958 bits per heavy atom. The number of ether oxygens (including phenoxy) is 3. The maximum Gasteiger partial charge on any atom is 0.347 e. The summed E-state index contributed by atoms with van der Waals surface area (Å²) in [5, 5.41) is 0. The third-order valence-corrected chi connectivity index (χ3v) is 3.23. The summed E-state index contributed by atoms with van der Waals surface area (Å²) < 4.78 is 15.6. The summed E-state index contributed by atoms with van der Waals surface area (Å²) in [6, 6.07) is 15.9. The monoisotopic (exact) mass is 328 g/mol. The van der Waals surface area contributed by atoms with Crippen LogP contribution in [0, 0.1) is 0 Å². The van der Waals surface area contributed by atoms with Crippen LogP contribution in [-0.2, 0) is 20.9 Å². The molecular formula is C19H20O5. The highest BCUT2D eigenvalue weighted by molar-refractivity contribution is 5.89. The van der Waals surface area contributed by atoms with Crippen molar-refractivity contribution in [3.05, 3.63) is 65.7 Å². The zero-order chi connectivity index (χ0) is 17.4. The van der Waals surface area contributed by atoms with Crippen LogP contribution in [0.15, 0.2) is 54.6 Å². The average Bonchev–Trinajstić information content (AvgIpc) is 2.61. The van der Waals surface area contributed by atoms with E-state index in [1.54, 1.807) is 38.1 Å². The van der Waals surface area contributed by atoms with Gasteiger partial charge in [0.1, 0.15) is 12.4 Å². The van der Waals surface area contributed by atoms with Gasteiger partial charge in [-0.15, -0.1) is 0 Å². The minimum atomic E-state index is -0.708. The Labute approximate surface area is 141 Å². The molecule has 24 heavy (non-hydrogen) atoms. The van der Waals surface area contributed by atoms with E-state index in [9.17, 15) is 9.59 Å². The third kappa shape index (κ3) is 5.12. The topological polar surface area (TPSA) is 61.8 Å². The lowest BCUT2D eigenvalue weighted by Gasteiger charge is -2.13. The van der Waals surface area contributed by atoms with Crippen molar-refractivity contribution < 1.29 is 23.8 Å². The molecule has 2 aromatic rings. The number of rotatable bonds is 7. The standard InChI is InChI=1S/C19H20O5/c1-3-22-18(20)14(2)24-17-11-9-16(10-12-17)19(21)23-13-15-7-5-4-6-8-15/h4-12,14H,3,13H2,1-2H3. The van der Waals surface area contributed by atoms with Gasteiger partial charge in [0.05, 0.1) is 12.2 Å². The normalized spacial score (nSPS) is 11.4. The predicted molar refractivity (Wildman–Crippen MR) is 88.7 cm³/mol. The van der Waals surface area contributed by atoms with Gasteiger partial charge in [-0.3, -0.25) is 0 Å². The van der Waals surface area contributed by atoms with E-state index < -0.39 is 18.0 Å². The van der Waals surface area contributed by atoms with Gasteiger partial charge >= 0.3 is 11.9 Å². The Kier molecular flexibility index (Phi) is 6.37. The number of carbonyl (C=O) groups excluding carboxylic acids is 2. The molecule has 0 N–H and O–H groups in total. The first-order valence-electron chi connectivity index (χ1n) is 7.74. The molecule has 2 rings (SSSR count).